The molecule has 0 saturated carbocycles. The van der Waals surface area contributed by atoms with Gasteiger partial charge in [-0.1, -0.05) is 61.7 Å². The Labute approximate surface area is 211 Å². The van der Waals surface area contributed by atoms with Crippen molar-refractivity contribution in [1.82, 2.24) is 4.90 Å². The molecule has 5 rings (SSSR count). The number of aliphatic hydroxyl groups is 1. The van der Waals surface area contributed by atoms with Gasteiger partial charge in [0.15, 0.2) is 5.76 Å². The van der Waals surface area contributed by atoms with Crippen LogP contribution in [0.4, 0.5) is 0 Å². The quantitative estimate of drug-likeness (QED) is 0.452. The van der Waals surface area contributed by atoms with Gasteiger partial charge in [0, 0.05) is 30.1 Å². The molecule has 0 radical (unpaired) electrons. The summed E-state index contributed by atoms with van der Waals surface area (Å²) in [5, 5.41) is 12.7. The fraction of sp³-hybridized carbons (Fsp3) is 0.414. The van der Waals surface area contributed by atoms with Crippen molar-refractivity contribution in [3.8, 4) is 0 Å². The average molecular weight is 492 g/mol. The summed E-state index contributed by atoms with van der Waals surface area (Å²) in [6.07, 6.45) is 7.86. The number of amides is 1. The minimum Gasteiger partial charge on any atom is -0.459 e. The Hall–Kier alpha value is -2.67. The van der Waals surface area contributed by atoms with Gasteiger partial charge in [-0.3, -0.25) is 4.79 Å². The molecule has 5 nitrogen and oxygen atoms in total. The summed E-state index contributed by atoms with van der Waals surface area (Å²) in [7, 11) is 0. The minimum atomic E-state index is -0.505. The van der Waals surface area contributed by atoms with E-state index in [9.17, 15) is 9.90 Å². The molecule has 3 aromatic rings. The van der Waals surface area contributed by atoms with Gasteiger partial charge in [-0.2, -0.15) is 0 Å². The van der Waals surface area contributed by atoms with Crippen LogP contribution in [-0.2, 0) is 27.5 Å². The third kappa shape index (κ3) is 5.77. The Kier molecular flexibility index (Phi) is 7.82. The van der Waals surface area contributed by atoms with Crippen LogP contribution < -0.4 is 0 Å². The largest absolute Gasteiger partial charge is 0.459 e. The van der Waals surface area contributed by atoms with Crippen LogP contribution in [0.15, 0.2) is 65.7 Å². The highest BCUT2D eigenvalue weighted by Gasteiger charge is 2.32. The zero-order valence-electron chi connectivity index (χ0n) is 20.0. The highest BCUT2D eigenvalue weighted by atomic mass is 32.1. The summed E-state index contributed by atoms with van der Waals surface area (Å²) in [6, 6.07) is 16.1. The second kappa shape index (κ2) is 11.4. The fourth-order valence-corrected chi connectivity index (χ4v) is 5.98. The van der Waals surface area contributed by atoms with E-state index in [-0.39, 0.29) is 18.4 Å². The first-order chi connectivity index (χ1) is 17.2. The number of rotatable bonds is 6. The maximum atomic E-state index is 13.5. The molecular formula is C29H33NO4S. The van der Waals surface area contributed by atoms with Crippen molar-refractivity contribution in [3.05, 3.63) is 82.4 Å². The van der Waals surface area contributed by atoms with E-state index in [4.69, 9.17) is 9.47 Å². The lowest BCUT2D eigenvalue weighted by molar-refractivity contribution is -0.156. The topological polar surface area (TPSA) is 59.0 Å². The van der Waals surface area contributed by atoms with Gasteiger partial charge in [-0.05, 0) is 52.4 Å². The van der Waals surface area contributed by atoms with Gasteiger partial charge >= 0.3 is 0 Å². The number of hydrogen-bond acceptors (Lipinski definition) is 5. The van der Waals surface area contributed by atoms with Crippen molar-refractivity contribution in [1.29, 1.82) is 0 Å². The van der Waals surface area contributed by atoms with Gasteiger partial charge in [0.1, 0.15) is 0 Å². The van der Waals surface area contributed by atoms with Crippen LogP contribution in [0.25, 0.3) is 10.1 Å². The van der Waals surface area contributed by atoms with E-state index in [2.05, 4.69) is 29.6 Å². The van der Waals surface area contributed by atoms with E-state index in [0.717, 1.165) is 37.1 Å². The molecule has 2 aliphatic rings. The number of thiophene rings is 1. The van der Waals surface area contributed by atoms with E-state index in [1.165, 1.54) is 34.9 Å². The molecular weight excluding hydrogens is 458 g/mol. The van der Waals surface area contributed by atoms with Crippen molar-refractivity contribution in [2.45, 2.75) is 63.9 Å². The van der Waals surface area contributed by atoms with Crippen LogP contribution in [0.2, 0.25) is 0 Å². The molecule has 3 heterocycles. The summed E-state index contributed by atoms with van der Waals surface area (Å²) < 4.78 is 13.6. The van der Waals surface area contributed by atoms with E-state index < -0.39 is 6.29 Å². The number of carbonyl (C=O) groups is 1. The Balaban J connectivity index is 1.38. The molecule has 2 atom stereocenters. The highest BCUT2D eigenvalue weighted by Crippen LogP contribution is 2.38. The lowest BCUT2D eigenvalue weighted by atomic mass is 9.92. The summed E-state index contributed by atoms with van der Waals surface area (Å²) in [4.78, 5) is 15.5. The molecule has 2 aliphatic heterocycles. The molecule has 0 aliphatic carbocycles. The molecule has 1 fully saturated rings. The number of ether oxygens (including phenoxy) is 2. The van der Waals surface area contributed by atoms with Crippen LogP contribution in [-0.4, -0.2) is 35.3 Å². The number of nitrogens with zero attached hydrogens (tertiary/aromatic N) is 1. The molecule has 2 aromatic carbocycles. The van der Waals surface area contributed by atoms with Crippen molar-refractivity contribution >= 4 is 27.3 Å². The van der Waals surface area contributed by atoms with Gasteiger partial charge < -0.3 is 19.5 Å². The minimum absolute atomic E-state index is 0.0166. The Morgan fingerprint density at radius 1 is 1.00 bits per heavy atom. The Bertz CT molecular complexity index is 1160. The number of hydrogen-bond donors (Lipinski definition) is 1. The maximum Gasteiger partial charge on any atom is 0.288 e. The highest BCUT2D eigenvalue weighted by molar-refractivity contribution is 7.17. The maximum absolute atomic E-state index is 13.5. The predicted octanol–water partition coefficient (Wildman–Crippen LogP) is 6.12. The van der Waals surface area contributed by atoms with Gasteiger partial charge in [-0.25, -0.2) is 0 Å². The molecule has 0 bridgehead atoms. The van der Waals surface area contributed by atoms with Crippen LogP contribution in [0, 0.1) is 0 Å². The fourth-order valence-electron chi connectivity index (χ4n) is 4.95. The summed E-state index contributed by atoms with van der Waals surface area (Å²) in [5.41, 5.74) is 3.11. The third-order valence-corrected chi connectivity index (χ3v) is 7.94. The van der Waals surface area contributed by atoms with Crippen molar-refractivity contribution < 1.29 is 19.4 Å². The lowest BCUT2D eigenvalue weighted by Crippen LogP contribution is -2.38. The van der Waals surface area contributed by atoms with E-state index >= 15 is 0 Å². The first-order valence-electron chi connectivity index (χ1n) is 12.7. The molecule has 1 aromatic heterocycles. The number of allylic oxidation sites excluding steroid dienone is 1. The Morgan fingerprint density at radius 2 is 1.71 bits per heavy atom. The predicted molar refractivity (Wildman–Crippen MR) is 139 cm³/mol. The monoisotopic (exact) mass is 491 g/mol. The summed E-state index contributed by atoms with van der Waals surface area (Å²) in [5.74, 6) is 0.449. The van der Waals surface area contributed by atoms with Gasteiger partial charge in [0.2, 0.25) is 6.29 Å². The number of likely N-dealkylation sites (tertiary alicyclic amines) is 1. The van der Waals surface area contributed by atoms with Crippen molar-refractivity contribution in [3.63, 3.8) is 0 Å². The van der Waals surface area contributed by atoms with Gasteiger partial charge in [0.25, 0.3) is 5.91 Å². The zero-order valence-corrected chi connectivity index (χ0v) is 20.8. The average Bonchev–Trinajstić information content (AvgIpc) is 3.31. The zero-order chi connectivity index (χ0) is 24.0. The number of benzene rings is 2. The Morgan fingerprint density at radius 3 is 2.49 bits per heavy atom. The van der Waals surface area contributed by atoms with Crippen LogP contribution in [0.5, 0.6) is 0 Å². The first kappa shape index (κ1) is 24.0. The molecule has 184 valence electrons. The van der Waals surface area contributed by atoms with Crippen LogP contribution in [0.3, 0.4) is 0 Å². The number of fused-ring (bicyclic) bond motifs is 1. The second-order valence-electron chi connectivity index (χ2n) is 9.45. The molecule has 35 heavy (non-hydrogen) atoms. The standard InChI is InChI=1S/C29H33NO4S/c31-18-21-10-12-22(13-11-21)19-33-28-17-23(25-20-35-27-9-5-4-8-24(25)27)16-26(34-28)29(32)30-14-6-2-1-3-7-15-30/h4-5,8-13,16,20,23,28,31H,1-3,6-7,14-15,17-19H2/t23-,28+/m0/s1. The lowest BCUT2D eigenvalue weighted by Gasteiger charge is -2.32. The molecule has 1 saturated heterocycles. The van der Waals surface area contributed by atoms with Gasteiger partial charge in [-0.15, -0.1) is 11.3 Å². The van der Waals surface area contributed by atoms with Crippen molar-refractivity contribution in [2.24, 2.45) is 0 Å². The third-order valence-electron chi connectivity index (χ3n) is 6.96. The molecule has 6 heteroatoms. The van der Waals surface area contributed by atoms with E-state index in [1.807, 2.05) is 35.2 Å². The van der Waals surface area contributed by atoms with Crippen LogP contribution in [0.1, 0.15) is 61.1 Å². The normalized spacial score (nSPS) is 21.2. The molecule has 1 N–H and O–H groups in total. The van der Waals surface area contributed by atoms with E-state index in [0.29, 0.717) is 18.8 Å². The van der Waals surface area contributed by atoms with Gasteiger partial charge in [0.05, 0.1) is 13.2 Å². The summed E-state index contributed by atoms with van der Waals surface area (Å²) >= 11 is 1.74. The smallest absolute Gasteiger partial charge is 0.288 e. The molecule has 1 amide bonds. The molecule has 0 spiro atoms. The number of aliphatic hydroxyl groups excluding tert-OH is 1. The van der Waals surface area contributed by atoms with E-state index in [1.54, 1.807) is 11.3 Å². The number of carbonyl (C=O) groups excluding carboxylic acids is 1. The van der Waals surface area contributed by atoms with Crippen molar-refractivity contribution in [2.75, 3.05) is 13.1 Å². The first-order valence-corrected chi connectivity index (χ1v) is 13.5. The summed E-state index contributed by atoms with van der Waals surface area (Å²) in [6.45, 7) is 1.98. The molecule has 0 unspecified atom stereocenters. The SMILES string of the molecule is O=C(C1=C[C@H](c2csc3ccccc23)C[C@H](OCc2ccc(CO)cc2)O1)N1CCCCCCC1. The second-order valence-corrected chi connectivity index (χ2v) is 10.4. The van der Waals surface area contributed by atoms with Crippen LogP contribution >= 0.6 is 11.3 Å².